The normalized spacial score (nSPS) is 26.3. The summed E-state index contributed by atoms with van der Waals surface area (Å²) >= 11 is 0. The maximum atomic E-state index is 12.6. The van der Waals surface area contributed by atoms with Crippen LogP contribution in [0.5, 0.6) is 0 Å². The van der Waals surface area contributed by atoms with Gasteiger partial charge in [0.15, 0.2) is 0 Å². The van der Waals surface area contributed by atoms with E-state index in [2.05, 4.69) is 22.3 Å². The van der Waals surface area contributed by atoms with Gasteiger partial charge in [0.1, 0.15) is 6.54 Å². The van der Waals surface area contributed by atoms with Crippen LogP contribution in [0.25, 0.3) is 0 Å². The van der Waals surface area contributed by atoms with Crippen LogP contribution in [-0.2, 0) is 19.1 Å². The maximum absolute atomic E-state index is 12.6. The molecule has 1 N–H and O–H groups in total. The van der Waals surface area contributed by atoms with Crippen molar-refractivity contribution in [2.45, 2.75) is 31.7 Å². The number of morpholine rings is 1. The summed E-state index contributed by atoms with van der Waals surface area (Å²) in [7, 11) is 0. The molecule has 156 valence electrons. The molecule has 2 aliphatic heterocycles. The Morgan fingerprint density at radius 1 is 1.03 bits per heavy atom. The van der Waals surface area contributed by atoms with Gasteiger partial charge in [0.25, 0.3) is 0 Å². The molecule has 0 spiro atoms. The van der Waals surface area contributed by atoms with Gasteiger partial charge in [-0.3, -0.25) is 24.2 Å². The molecule has 3 fully saturated rings. The number of hydrogen-bond donors (Lipinski definition) is 1. The molecular formula is C22H29N3O4. The molecule has 0 unspecified atom stereocenters. The molecule has 1 aromatic rings. The Balaban J connectivity index is 1.38. The van der Waals surface area contributed by atoms with E-state index in [9.17, 15) is 14.4 Å². The summed E-state index contributed by atoms with van der Waals surface area (Å²) in [6.07, 6.45) is 3.50. The first-order chi connectivity index (χ1) is 14.1. The van der Waals surface area contributed by atoms with Crippen LogP contribution in [-0.4, -0.2) is 66.9 Å². The first kappa shape index (κ1) is 20.0. The number of fused-ring (bicyclic) bond motifs is 1. The molecule has 2 heterocycles. The molecule has 3 amide bonds. The Labute approximate surface area is 171 Å². The predicted octanol–water partition coefficient (Wildman–Crippen LogP) is 1.35. The van der Waals surface area contributed by atoms with Crippen molar-refractivity contribution in [2.24, 2.45) is 11.8 Å². The highest BCUT2D eigenvalue weighted by Crippen LogP contribution is 2.37. The highest BCUT2D eigenvalue weighted by atomic mass is 16.5. The van der Waals surface area contributed by atoms with Crippen LogP contribution in [0.1, 0.15) is 37.3 Å². The standard InChI is InChI=1S/C22H29N3O4/c26-20(15-25-21(27)17-8-4-5-9-18(17)22(25)28)23-14-19(16-6-2-1-3-7-16)24-10-12-29-13-11-24/h1-3,6-7,17-19H,4-5,8-15H2,(H,23,26)/t17-,18+,19-/m1/s1. The fraction of sp³-hybridized carbons (Fsp3) is 0.591. The van der Waals surface area contributed by atoms with E-state index in [1.165, 1.54) is 4.90 Å². The third-order valence-electron chi connectivity index (χ3n) is 6.40. The zero-order chi connectivity index (χ0) is 20.2. The zero-order valence-electron chi connectivity index (χ0n) is 16.7. The lowest BCUT2D eigenvalue weighted by Crippen LogP contribution is -2.46. The van der Waals surface area contributed by atoms with Crippen molar-refractivity contribution in [3.63, 3.8) is 0 Å². The summed E-state index contributed by atoms with van der Waals surface area (Å²) in [5, 5.41) is 2.96. The van der Waals surface area contributed by atoms with Crippen molar-refractivity contribution in [3.8, 4) is 0 Å². The lowest BCUT2D eigenvalue weighted by Gasteiger charge is -2.35. The minimum absolute atomic E-state index is 0.0385. The van der Waals surface area contributed by atoms with Crippen molar-refractivity contribution >= 4 is 17.7 Å². The molecule has 7 heteroatoms. The average Bonchev–Trinajstić information content (AvgIpc) is 3.00. The van der Waals surface area contributed by atoms with E-state index in [1.807, 2.05) is 18.2 Å². The third kappa shape index (κ3) is 4.36. The van der Waals surface area contributed by atoms with Gasteiger partial charge >= 0.3 is 0 Å². The van der Waals surface area contributed by atoms with Crippen molar-refractivity contribution in [3.05, 3.63) is 35.9 Å². The lowest BCUT2D eigenvalue weighted by molar-refractivity contribution is -0.143. The Morgan fingerprint density at radius 3 is 2.28 bits per heavy atom. The van der Waals surface area contributed by atoms with Crippen molar-refractivity contribution in [2.75, 3.05) is 39.4 Å². The van der Waals surface area contributed by atoms with Gasteiger partial charge in [-0.15, -0.1) is 0 Å². The molecule has 0 aromatic heterocycles. The van der Waals surface area contributed by atoms with E-state index in [0.29, 0.717) is 19.8 Å². The number of hydrogen-bond acceptors (Lipinski definition) is 5. The monoisotopic (exact) mass is 399 g/mol. The van der Waals surface area contributed by atoms with Crippen LogP contribution in [0.4, 0.5) is 0 Å². The van der Waals surface area contributed by atoms with Crippen molar-refractivity contribution < 1.29 is 19.1 Å². The zero-order valence-corrected chi connectivity index (χ0v) is 16.7. The fourth-order valence-corrected chi connectivity index (χ4v) is 4.82. The number of likely N-dealkylation sites (tertiary alicyclic amines) is 1. The summed E-state index contributed by atoms with van der Waals surface area (Å²) < 4.78 is 5.46. The summed E-state index contributed by atoms with van der Waals surface area (Å²) in [4.78, 5) is 41.3. The molecule has 3 atom stereocenters. The molecule has 2 saturated heterocycles. The molecule has 1 aliphatic carbocycles. The highest BCUT2D eigenvalue weighted by Gasteiger charge is 2.48. The molecule has 1 saturated carbocycles. The molecule has 3 aliphatic rings. The molecule has 7 nitrogen and oxygen atoms in total. The first-order valence-electron chi connectivity index (χ1n) is 10.6. The van der Waals surface area contributed by atoms with Crippen LogP contribution < -0.4 is 5.32 Å². The SMILES string of the molecule is O=C(CN1C(=O)[C@H]2CCCC[C@H]2C1=O)NC[C@H](c1ccccc1)N1CCOCC1. The Morgan fingerprint density at radius 2 is 1.66 bits per heavy atom. The van der Waals surface area contributed by atoms with Gasteiger partial charge in [-0.25, -0.2) is 0 Å². The van der Waals surface area contributed by atoms with Gasteiger partial charge < -0.3 is 10.1 Å². The number of benzene rings is 1. The number of imide groups is 1. The minimum Gasteiger partial charge on any atom is -0.379 e. The van der Waals surface area contributed by atoms with Gasteiger partial charge in [-0.05, 0) is 18.4 Å². The number of carbonyl (C=O) groups is 3. The van der Waals surface area contributed by atoms with Crippen molar-refractivity contribution in [1.82, 2.24) is 15.1 Å². The van der Waals surface area contributed by atoms with E-state index >= 15 is 0 Å². The highest BCUT2D eigenvalue weighted by molar-refractivity contribution is 6.07. The van der Waals surface area contributed by atoms with Gasteiger partial charge in [0, 0.05) is 19.6 Å². The number of carbonyl (C=O) groups excluding carboxylic acids is 3. The molecule has 4 rings (SSSR count). The number of amides is 3. The van der Waals surface area contributed by atoms with E-state index in [4.69, 9.17) is 4.74 Å². The fourth-order valence-electron chi connectivity index (χ4n) is 4.82. The lowest BCUT2D eigenvalue weighted by atomic mass is 9.81. The second-order valence-corrected chi connectivity index (χ2v) is 8.14. The topological polar surface area (TPSA) is 79.0 Å². The molecule has 0 bridgehead atoms. The third-order valence-corrected chi connectivity index (χ3v) is 6.40. The average molecular weight is 399 g/mol. The summed E-state index contributed by atoms with van der Waals surface area (Å²) in [5.74, 6) is -1.03. The summed E-state index contributed by atoms with van der Waals surface area (Å²) in [6, 6.07) is 10.1. The molecular weight excluding hydrogens is 370 g/mol. The number of nitrogens with one attached hydrogen (secondary N) is 1. The second kappa shape index (κ2) is 9.05. The minimum atomic E-state index is -0.278. The van der Waals surface area contributed by atoms with E-state index in [1.54, 1.807) is 0 Å². The van der Waals surface area contributed by atoms with Crippen LogP contribution in [0, 0.1) is 11.8 Å². The van der Waals surface area contributed by atoms with Gasteiger partial charge in [-0.2, -0.15) is 0 Å². The predicted molar refractivity (Wildman–Crippen MR) is 107 cm³/mol. The second-order valence-electron chi connectivity index (χ2n) is 8.14. The summed E-state index contributed by atoms with van der Waals surface area (Å²) in [6.45, 7) is 3.23. The number of nitrogens with zero attached hydrogens (tertiary/aromatic N) is 2. The summed E-state index contributed by atoms with van der Waals surface area (Å²) in [5.41, 5.74) is 1.13. The Kier molecular flexibility index (Phi) is 6.25. The van der Waals surface area contributed by atoms with Gasteiger partial charge in [0.2, 0.25) is 17.7 Å². The van der Waals surface area contributed by atoms with Crippen LogP contribution >= 0.6 is 0 Å². The Bertz CT molecular complexity index is 724. The van der Waals surface area contributed by atoms with E-state index in [0.717, 1.165) is 44.3 Å². The Hall–Kier alpha value is -2.25. The van der Waals surface area contributed by atoms with Crippen LogP contribution in [0.15, 0.2) is 30.3 Å². The quantitative estimate of drug-likeness (QED) is 0.731. The molecule has 0 radical (unpaired) electrons. The van der Waals surface area contributed by atoms with Crippen LogP contribution in [0.3, 0.4) is 0 Å². The van der Waals surface area contributed by atoms with Gasteiger partial charge in [-0.1, -0.05) is 43.2 Å². The smallest absolute Gasteiger partial charge is 0.240 e. The molecule has 29 heavy (non-hydrogen) atoms. The maximum Gasteiger partial charge on any atom is 0.240 e. The molecule has 1 aromatic carbocycles. The number of rotatable bonds is 6. The van der Waals surface area contributed by atoms with E-state index in [-0.39, 0.29) is 42.1 Å². The number of ether oxygens (including phenoxy) is 1. The van der Waals surface area contributed by atoms with Crippen molar-refractivity contribution in [1.29, 1.82) is 0 Å². The van der Waals surface area contributed by atoms with E-state index < -0.39 is 0 Å². The van der Waals surface area contributed by atoms with Gasteiger partial charge in [0.05, 0.1) is 31.1 Å². The van der Waals surface area contributed by atoms with Crippen LogP contribution in [0.2, 0.25) is 0 Å². The largest absolute Gasteiger partial charge is 0.379 e. The first-order valence-corrected chi connectivity index (χ1v) is 10.6.